The fourth-order valence-electron chi connectivity index (χ4n) is 2.50. The van der Waals surface area contributed by atoms with Gasteiger partial charge in [0.2, 0.25) is 0 Å². The first-order valence-corrected chi connectivity index (χ1v) is 7.22. The molecule has 1 saturated carbocycles. The first kappa shape index (κ1) is 14.6. The molecule has 0 aliphatic heterocycles. The summed E-state index contributed by atoms with van der Waals surface area (Å²) in [4.78, 5) is 0. The average molecular weight is 284 g/mol. The van der Waals surface area contributed by atoms with Crippen LogP contribution in [-0.4, -0.2) is 19.3 Å². The highest BCUT2D eigenvalue weighted by atomic mass is 35.5. The molecule has 1 aliphatic rings. The molecule has 0 bridgehead atoms. The number of hydrogen-bond donors (Lipinski definition) is 1. The van der Waals surface area contributed by atoms with E-state index < -0.39 is 0 Å². The van der Waals surface area contributed by atoms with E-state index in [0.29, 0.717) is 11.1 Å². The summed E-state index contributed by atoms with van der Waals surface area (Å²) in [7, 11) is 1.76. The molecule has 3 atom stereocenters. The van der Waals surface area contributed by atoms with Gasteiger partial charge in [-0.1, -0.05) is 17.7 Å². The van der Waals surface area contributed by atoms with E-state index in [4.69, 9.17) is 26.8 Å². The van der Waals surface area contributed by atoms with Crippen LogP contribution in [0.4, 0.5) is 0 Å². The van der Waals surface area contributed by atoms with Gasteiger partial charge in [-0.05, 0) is 43.9 Å². The lowest BCUT2D eigenvalue weighted by Crippen LogP contribution is -2.29. The Morgan fingerprint density at radius 1 is 1.32 bits per heavy atom. The largest absolute Gasteiger partial charge is 0.489 e. The Morgan fingerprint density at radius 3 is 2.68 bits per heavy atom. The molecule has 2 rings (SSSR count). The Labute approximate surface area is 120 Å². The highest BCUT2D eigenvalue weighted by Gasteiger charge is 2.23. The third kappa shape index (κ3) is 3.85. The molecule has 106 valence electrons. The number of ether oxygens (including phenoxy) is 2. The molecule has 0 spiro atoms. The van der Waals surface area contributed by atoms with Gasteiger partial charge in [-0.2, -0.15) is 0 Å². The van der Waals surface area contributed by atoms with E-state index in [1.54, 1.807) is 7.11 Å². The monoisotopic (exact) mass is 283 g/mol. The van der Waals surface area contributed by atoms with Crippen LogP contribution in [0.3, 0.4) is 0 Å². The zero-order chi connectivity index (χ0) is 13.8. The van der Waals surface area contributed by atoms with E-state index in [1.807, 2.05) is 25.1 Å². The van der Waals surface area contributed by atoms with Crippen LogP contribution in [0.2, 0.25) is 5.02 Å². The standard InChI is InChI=1S/C15H22ClNO2/c1-10(17)11-6-7-15(14(16)8-11)19-13-5-3-4-12(9-13)18-2/h6-8,10,12-13H,3-5,9,17H2,1-2H3/t10-,12?,13?/m1/s1. The highest BCUT2D eigenvalue weighted by Crippen LogP contribution is 2.31. The Balaban J connectivity index is 2.02. The van der Waals surface area contributed by atoms with Crippen molar-refractivity contribution in [3.63, 3.8) is 0 Å². The van der Waals surface area contributed by atoms with E-state index in [0.717, 1.165) is 37.0 Å². The van der Waals surface area contributed by atoms with Gasteiger partial charge >= 0.3 is 0 Å². The predicted molar refractivity (Wildman–Crippen MR) is 77.7 cm³/mol. The first-order chi connectivity index (χ1) is 9.10. The normalized spacial score (nSPS) is 25.1. The van der Waals surface area contributed by atoms with E-state index in [2.05, 4.69) is 0 Å². The van der Waals surface area contributed by atoms with Crippen molar-refractivity contribution in [2.24, 2.45) is 5.73 Å². The summed E-state index contributed by atoms with van der Waals surface area (Å²) in [6, 6.07) is 5.76. The van der Waals surface area contributed by atoms with Gasteiger partial charge in [0.15, 0.2) is 0 Å². The average Bonchev–Trinajstić information content (AvgIpc) is 2.41. The quantitative estimate of drug-likeness (QED) is 0.916. The number of rotatable bonds is 4. The van der Waals surface area contributed by atoms with Crippen molar-refractivity contribution in [2.75, 3.05) is 7.11 Å². The van der Waals surface area contributed by atoms with Crippen LogP contribution in [0.5, 0.6) is 5.75 Å². The van der Waals surface area contributed by atoms with Gasteiger partial charge in [0.05, 0.1) is 11.1 Å². The Kier molecular flexibility index (Phi) is 5.08. The van der Waals surface area contributed by atoms with Crippen LogP contribution in [0, 0.1) is 0 Å². The van der Waals surface area contributed by atoms with Crippen molar-refractivity contribution < 1.29 is 9.47 Å². The minimum absolute atomic E-state index is 0.0147. The molecular weight excluding hydrogens is 262 g/mol. The van der Waals surface area contributed by atoms with Crippen LogP contribution in [0.25, 0.3) is 0 Å². The lowest BCUT2D eigenvalue weighted by atomic mass is 9.95. The fraction of sp³-hybridized carbons (Fsp3) is 0.600. The minimum atomic E-state index is -0.0147. The molecule has 0 aromatic heterocycles. The lowest BCUT2D eigenvalue weighted by molar-refractivity contribution is 0.0210. The summed E-state index contributed by atoms with van der Waals surface area (Å²) < 4.78 is 11.4. The molecule has 0 amide bonds. The zero-order valence-electron chi connectivity index (χ0n) is 11.6. The van der Waals surface area contributed by atoms with Crippen LogP contribution >= 0.6 is 11.6 Å². The van der Waals surface area contributed by atoms with Crippen molar-refractivity contribution in [1.82, 2.24) is 0 Å². The lowest BCUT2D eigenvalue weighted by Gasteiger charge is -2.29. The molecule has 0 saturated heterocycles. The van der Waals surface area contributed by atoms with Gasteiger partial charge in [0, 0.05) is 19.6 Å². The second-order valence-electron chi connectivity index (χ2n) is 5.24. The summed E-state index contributed by atoms with van der Waals surface area (Å²) >= 11 is 6.25. The molecule has 1 aliphatic carbocycles. The molecule has 1 aromatic carbocycles. The molecule has 0 radical (unpaired) electrons. The van der Waals surface area contributed by atoms with Crippen molar-refractivity contribution >= 4 is 11.6 Å². The minimum Gasteiger partial charge on any atom is -0.489 e. The summed E-state index contributed by atoms with van der Waals surface area (Å²) in [5.74, 6) is 0.743. The Bertz CT molecular complexity index is 423. The maximum atomic E-state index is 6.25. The number of methoxy groups -OCH3 is 1. The number of nitrogens with two attached hydrogens (primary N) is 1. The highest BCUT2D eigenvalue weighted by molar-refractivity contribution is 6.32. The fourth-order valence-corrected chi connectivity index (χ4v) is 2.73. The van der Waals surface area contributed by atoms with Gasteiger partial charge < -0.3 is 15.2 Å². The van der Waals surface area contributed by atoms with Gasteiger partial charge in [-0.3, -0.25) is 0 Å². The molecule has 2 N–H and O–H groups in total. The van der Waals surface area contributed by atoms with Crippen molar-refractivity contribution in [3.05, 3.63) is 28.8 Å². The number of hydrogen-bond acceptors (Lipinski definition) is 3. The van der Waals surface area contributed by atoms with E-state index in [1.165, 1.54) is 0 Å². The smallest absolute Gasteiger partial charge is 0.138 e. The van der Waals surface area contributed by atoms with Crippen LogP contribution < -0.4 is 10.5 Å². The SMILES string of the molecule is COC1CCCC(Oc2ccc([C@@H](C)N)cc2Cl)C1. The summed E-state index contributed by atoms with van der Waals surface area (Å²) in [5, 5.41) is 0.634. The van der Waals surface area contributed by atoms with Gasteiger partial charge in [-0.25, -0.2) is 0 Å². The maximum Gasteiger partial charge on any atom is 0.138 e. The van der Waals surface area contributed by atoms with Gasteiger partial charge in [0.25, 0.3) is 0 Å². The molecule has 4 heteroatoms. The third-order valence-electron chi connectivity index (χ3n) is 3.69. The van der Waals surface area contributed by atoms with Crippen LogP contribution in [0.1, 0.15) is 44.2 Å². The maximum absolute atomic E-state index is 6.25. The van der Waals surface area contributed by atoms with Gasteiger partial charge in [-0.15, -0.1) is 0 Å². The molecule has 3 nitrogen and oxygen atoms in total. The van der Waals surface area contributed by atoms with Crippen LogP contribution in [0.15, 0.2) is 18.2 Å². The van der Waals surface area contributed by atoms with Crippen molar-refractivity contribution in [3.8, 4) is 5.75 Å². The molecule has 2 unspecified atom stereocenters. The third-order valence-corrected chi connectivity index (χ3v) is 3.98. The summed E-state index contributed by atoms with van der Waals surface area (Å²) in [6.45, 7) is 1.94. The van der Waals surface area contributed by atoms with Crippen molar-refractivity contribution in [1.29, 1.82) is 0 Å². The van der Waals surface area contributed by atoms with E-state index >= 15 is 0 Å². The number of benzene rings is 1. The second-order valence-corrected chi connectivity index (χ2v) is 5.65. The zero-order valence-corrected chi connectivity index (χ0v) is 12.3. The van der Waals surface area contributed by atoms with Crippen LogP contribution in [-0.2, 0) is 4.74 Å². The molecule has 19 heavy (non-hydrogen) atoms. The van der Waals surface area contributed by atoms with E-state index in [9.17, 15) is 0 Å². The molecule has 1 fully saturated rings. The predicted octanol–water partition coefficient (Wildman–Crippen LogP) is 3.70. The topological polar surface area (TPSA) is 44.5 Å². The molecule has 1 aromatic rings. The Hall–Kier alpha value is -0.770. The Morgan fingerprint density at radius 2 is 2.05 bits per heavy atom. The second kappa shape index (κ2) is 6.60. The van der Waals surface area contributed by atoms with Gasteiger partial charge in [0.1, 0.15) is 11.9 Å². The van der Waals surface area contributed by atoms with Crippen molar-refractivity contribution in [2.45, 2.75) is 50.9 Å². The molecule has 0 heterocycles. The van der Waals surface area contributed by atoms with E-state index in [-0.39, 0.29) is 12.1 Å². The summed E-state index contributed by atoms with van der Waals surface area (Å²) in [5.41, 5.74) is 6.86. The molecular formula is C15H22ClNO2. The number of halogens is 1. The first-order valence-electron chi connectivity index (χ1n) is 6.84. The summed E-state index contributed by atoms with van der Waals surface area (Å²) in [6.07, 6.45) is 4.75.